The van der Waals surface area contributed by atoms with Gasteiger partial charge in [-0.15, -0.1) is 0 Å². The van der Waals surface area contributed by atoms with Gasteiger partial charge >= 0.3 is 0 Å². The number of aromatic amines is 1. The van der Waals surface area contributed by atoms with E-state index in [1.54, 1.807) is 6.07 Å². The number of aromatic nitrogens is 2. The molecule has 1 aromatic rings. The molecular weight excluding hydrogens is 190 g/mol. The Morgan fingerprint density at radius 1 is 1.53 bits per heavy atom. The van der Waals surface area contributed by atoms with Crippen LogP contribution in [0.1, 0.15) is 35.9 Å². The van der Waals surface area contributed by atoms with Gasteiger partial charge in [-0.3, -0.25) is 9.89 Å². The highest BCUT2D eigenvalue weighted by Crippen LogP contribution is 2.17. The molecule has 2 heterocycles. The van der Waals surface area contributed by atoms with Crippen LogP contribution in [0, 0.1) is 12.8 Å². The summed E-state index contributed by atoms with van der Waals surface area (Å²) in [5.41, 5.74) is 1.48. The molecule has 1 fully saturated rings. The maximum absolute atomic E-state index is 12.0. The van der Waals surface area contributed by atoms with Gasteiger partial charge in [-0.05, 0) is 31.7 Å². The Bertz CT molecular complexity index is 350. The van der Waals surface area contributed by atoms with Crippen molar-refractivity contribution in [2.45, 2.75) is 26.7 Å². The van der Waals surface area contributed by atoms with Gasteiger partial charge < -0.3 is 4.90 Å². The smallest absolute Gasteiger partial charge is 0.274 e. The summed E-state index contributed by atoms with van der Waals surface area (Å²) in [6.07, 6.45) is 2.21. The summed E-state index contributed by atoms with van der Waals surface area (Å²) in [5, 5.41) is 6.79. The molecule has 1 saturated heterocycles. The van der Waals surface area contributed by atoms with Crippen molar-refractivity contribution in [2.75, 3.05) is 13.1 Å². The number of hydrogen-bond donors (Lipinski definition) is 1. The van der Waals surface area contributed by atoms with Crippen molar-refractivity contribution in [1.29, 1.82) is 0 Å². The molecule has 2 rings (SSSR count). The normalized spacial score (nSPS) is 18.1. The van der Waals surface area contributed by atoms with Crippen molar-refractivity contribution in [2.24, 2.45) is 5.92 Å². The van der Waals surface area contributed by atoms with Crippen LogP contribution in [0.2, 0.25) is 0 Å². The highest BCUT2D eigenvalue weighted by molar-refractivity contribution is 5.92. The Morgan fingerprint density at radius 3 is 2.73 bits per heavy atom. The van der Waals surface area contributed by atoms with Crippen LogP contribution in [0.15, 0.2) is 6.07 Å². The third-order valence-corrected chi connectivity index (χ3v) is 3.00. The van der Waals surface area contributed by atoms with Crippen molar-refractivity contribution in [1.82, 2.24) is 15.1 Å². The number of amides is 1. The van der Waals surface area contributed by atoms with Gasteiger partial charge in [0.25, 0.3) is 5.91 Å². The van der Waals surface area contributed by atoms with Gasteiger partial charge in [-0.2, -0.15) is 5.10 Å². The predicted molar refractivity (Wildman–Crippen MR) is 57.6 cm³/mol. The van der Waals surface area contributed by atoms with Gasteiger partial charge in [0.2, 0.25) is 0 Å². The topological polar surface area (TPSA) is 49.0 Å². The highest BCUT2D eigenvalue weighted by Gasteiger charge is 2.22. The molecule has 4 heteroatoms. The van der Waals surface area contributed by atoms with E-state index >= 15 is 0 Å². The SMILES string of the molecule is Cc1cc(C(=O)N2CCC(C)CC2)n[nH]1. The molecule has 4 nitrogen and oxygen atoms in total. The molecule has 0 aromatic carbocycles. The van der Waals surface area contributed by atoms with Crippen molar-refractivity contribution in [3.63, 3.8) is 0 Å². The number of aryl methyl sites for hydroxylation is 1. The van der Waals surface area contributed by atoms with Crippen LogP contribution >= 0.6 is 0 Å². The summed E-state index contributed by atoms with van der Waals surface area (Å²) >= 11 is 0. The van der Waals surface area contributed by atoms with E-state index in [0.717, 1.165) is 37.5 Å². The van der Waals surface area contributed by atoms with E-state index in [9.17, 15) is 4.79 Å². The van der Waals surface area contributed by atoms with Crippen LogP contribution in [-0.4, -0.2) is 34.1 Å². The zero-order valence-corrected chi connectivity index (χ0v) is 9.29. The van der Waals surface area contributed by atoms with Gasteiger partial charge in [0.1, 0.15) is 5.69 Å². The lowest BCUT2D eigenvalue weighted by Crippen LogP contribution is -2.38. The molecule has 0 radical (unpaired) electrons. The Morgan fingerprint density at radius 2 is 2.20 bits per heavy atom. The fraction of sp³-hybridized carbons (Fsp3) is 0.636. The maximum atomic E-state index is 12.0. The molecule has 1 amide bonds. The fourth-order valence-electron chi connectivity index (χ4n) is 1.90. The number of nitrogens with zero attached hydrogens (tertiary/aromatic N) is 2. The number of H-pyrrole nitrogens is 1. The average Bonchev–Trinajstić information content (AvgIpc) is 2.65. The van der Waals surface area contributed by atoms with Crippen molar-refractivity contribution < 1.29 is 4.79 Å². The molecule has 0 spiro atoms. The number of nitrogens with one attached hydrogen (secondary N) is 1. The van der Waals surface area contributed by atoms with Crippen LogP contribution < -0.4 is 0 Å². The first kappa shape index (κ1) is 10.2. The monoisotopic (exact) mass is 207 g/mol. The molecule has 15 heavy (non-hydrogen) atoms. The molecular formula is C11H17N3O. The second-order valence-corrected chi connectivity index (χ2v) is 4.41. The Labute approximate surface area is 89.7 Å². The summed E-state index contributed by atoms with van der Waals surface area (Å²) in [4.78, 5) is 13.9. The standard InChI is InChI=1S/C11H17N3O/c1-8-3-5-14(6-4-8)11(15)10-7-9(2)12-13-10/h7-8H,3-6H2,1-2H3,(H,12,13). The van der Waals surface area contributed by atoms with Crippen LogP contribution in [0.25, 0.3) is 0 Å². The van der Waals surface area contributed by atoms with Crippen molar-refractivity contribution in [3.05, 3.63) is 17.5 Å². The molecule has 82 valence electrons. The molecule has 0 bridgehead atoms. The number of carbonyl (C=O) groups is 1. The number of carbonyl (C=O) groups excluding carboxylic acids is 1. The Balaban J connectivity index is 2.02. The molecule has 0 aliphatic carbocycles. The predicted octanol–water partition coefficient (Wildman–Crippen LogP) is 1.59. The Hall–Kier alpha value is -1.32. The zero-order valence-electron chi connectivity index (χ0n) is 9.29. The third kappa shape index (κ3) is 2.19. The minimum atomic E-state index is 0.0613. The molecule has 0 saturated carbocycles. The van der Waals surface area contributed by atoms with Crippen LogP contribution in [-0.2, 0) is 0 Å². The van der Waals surface area contributed by atoms with Crippen LogP contribution in [0.3, 0.4) is 0 Å². The minimum Gasteiger partial charge on any atom is -0.337 e. The van der Waals surface area contributed by atoms with Crippen molar-refractivity contribution in [3.8, 4) is 0 Å². The molecule has 0 unspecified atom stereocenters. The van der Waals surface area contributed by atoms with E-state index in [1.807, 2.05) is 11.8 Å². The fourth-order valence-corrected chi connectivity index (χ4v) is 1.90. The second-order valence-electron chi connectivity index (χ2n) is 4.41. The molecule has 1 aliphatic heterocycles. The van der Waals surface area contributed by atoms with Gasteiger partial charge in [0.05, 0.1) is 0 Å². The van der Waals surface area contributed by atoms with Crippen LogP contribution in [0.4, 0.5) is 0 Å². The van der Waals surface area contributed by atoms with Crippen molar-refractivity contribution >= 4 is 5.91 Å². The molecule has 0 atom stereocenters. The van der Waals surface area contributed by atoms with E-state index in [0.29, 0.717) is 5.69 Å². The molecule has 1 aliphatic rings. The molecule has 1 aromatic heterocycles. The van der Waals surface area contributed by atoms with E-state index < -0.39 is 0 Å². The number of piperidine rings is 1. The van der Waals surface area contributed by atoms with Gasteiger partial charge in [-0.25, -0.2) is 0 Å². The lowest BCUT2D eigenvalue weighted by molar-refractivity contribution is 0.0691. The van der Waals surface area contributed by atoms with E-state index in [-0.39, 0.29) is 5.91 Å². The summed E-state index contributed by atoms with van der Waals surface area (Å²) in [6, 6.07) is 1.81. The summed E-state index contributed by atoms with van der Waals surface area (Å²) in [5.74, 6) is 0.807. The first-order valence-electron chi connectivity index (χ1n) is 5.48. The van der Waals surface area contributed by atoms with Crippen LogP contribution in [0.5, 0.6) is 0 Å². The molecule has 1 N–H and O–H groups in total. The Kier molecular flexibility index (Phi) is 2.75. The van der Waals surface area contributed by atoms with E-state index in [1.165, 1.54) is 0 Å². The lowest BCUT2D eigenvalue weighted by Gasteiger charge is -2.29. The highest BCUT2D eigenvalue weighted by atomic mass is 16.2. The van der Waals surface area contributed by atoms with Gasteiger partial charge in [0, 0.05) is 18.8 Å². The lowest BCUT2D eigenvalue weighted by atomic mass is 9.99. The summed E-state index contributed by atoms with van der Waals surface area (Å²) in [6.45, 7) is 5.88. The van der Waals surface area contributed by atoms with Gasteiger partial charge in [-0.1, -0.05) is 6.92 Å². The largest absolute Gasteiger partial charge is 0.337 e. The number of rotatable bonds is 1. The maximum Gasteiger partial charge on any atom is 0.274 e. The third-order valence-electron chi connectivity index (χ3n) is 3.00. The first-order chi connectivity index (χ1) is 7.16. The number of likely N-dealkylation sites (tertiary alicyclic amines) is 1. The summed E-state index contributed by atoms with van der Waals surface area (Å²) in [7, 11) is 0. The number of hydrogen-bond acceptors (Lipinski definition) is 2. The van der Waals surface area contributed by atoms with E-state index in [2.05, 4.69) is 17.1 Å². The van der Waals surface area contributed by atoms with Gasteiger partial charge in [0.15, 0.2) is 0 Å². The second kappa shape index (κ2) is 4.04. The zero-order chi connectivity index (χ0) is 10.8. The summed E-state index contributed by atoms with van der Waals surface area (Å²) < 4.78 is 0. The first-order valence-corrected chi connectivity index (χ1v) is 5.48. The average molecular weight is 207 g/mol. The minimum absolute atomic E-state index is 0.0613. The van der Waals surface area contributed by atoms with E-state index in [4.69, 9.17) is 0 Å². The quantitative estimate of drug-likeness (QED) is 0.760.